The predicted octanol–water partition coefficient (Wildman–Crippen LogP) is 2.35. The van der Waals surface area contributed by atoms with E-state index in [9.17, 15) is 0 Å². The number of pyridine rings is 1. The van der Waals surface area contributed by atoms with Gasteiger partial charge in [0.05, 0.1) is 13.4 Å². The smallest absolute Gasteiger partial charge is 0.213 e. The highest BCUT2D eigenvalue weighted by Crippen LogP contribution is 2.19. The van der Waals surface area contributed by atoms with Gasteiger partial charge in [-0.2, -0.15) is 0 Å². The summed E-state index contributed by atoms with van der Waals surface area (Å²) in [4.78, 5) is 4.22. The number of nitrogens with zero attached hydrogens (tertiary/aromatic N) is 1. The third kappa shape index (κ3) is 1.54. The molecule has 0 radical (unpaired) electrons. The molecular formula is C10H9NO2. The van der Waals surface area contributed by atoms with Gasteiger partial charge in [0.2, 0.25) is 5.88 Å². The Kier molecular flexibility index (Phi) is 2.00. The molecule has 0 bridgehead atoms. The second-order valence-corrected chi connectivity index (χ2v) is 2.54. The molecule has 66 valence electrons. The third-order valence-electron chi connectivity index (χ3n) is 1.71. The Labute approximate surface area is 76.0 Å². The van der Waals surface area contributed by atoms with Crippen LogP contribution >= 0.6 is 0 Å². The maximum atomic E-state index is 5.20. The van der Waals surface area contributed by atoms with Crippen LogP contribution in [0.2, 0.25) is 0 Å². The molecule has 0 spiro atoms. The molecule has 0 saturated carbocycles. The van der Waals surface area contributed by atoms with Crippen LogP contribution in [0.25, 0.3) is 11.5 Å². The van der Waals surface area contributed by atoms with E-state index in [2.05, 4.69) is 4.98 Å². The number of rotatable bonds is 2. The van der Waals surface area contributed by atoms with E-state index in [4.69, 9.17) is 9.15 Å². The molecule has 0 aromatic carbocycles. The van der Waals surface area contributed by atoms with Crippen LogP contribution in [0, 0.1) is 0 Å². The Morgan fingerprint density at radius 3 is 2.85 bits per heavy atom. The van der Waals surface area contributed by atoms with E-state index >= 15 is 0 Å². The lowest BCUT2D eigenvalue weighted by Crippen LogP contribution is -1.88. The number of furan rings is 1. The van der Waals surface area contributed by atoms with Gasteiger partial charge in [-0.25, -0.2) is 4.98 Å². The first-order chi connectivity index (χ1) is 6.40. The minimum Gasteiger partial charge on any atom is -0.481 e. The standard InChI is InChI=1S/C10H9NO2/c1-12-10-6-2-4-8(11-10)9-5-3-7-13-9/h2-7H,1H3. The molecule has 0 atom stereocenters. The number of aromatic nitrogens is 1. The van der Waals surface area contributed by atoms with Crippen LogP contribution in [0.15, 0.2) is 41.0 Å². The molecule has 0 unspecified atom stereocenters. The molecular weight excluding hydrogens is 166 g/mol. The largest absolute Gasteiger partial charge is 0.481 e. The fraction of sp³-hybridized carbons (Fsp3) is 0.100. The maximum Gasteiger partial charge on any atom is 0.213 e. The summed E-state index contributed by atoms with van der Waals surface area (Å²) in [5.41, 5.74) is 0.782. The zero-order valence-corrected chi connectivity index (χ0v) is 7.23. The fourth-order valence-electron chi connectivity index (χ4n) is 1.09. The normalized spacial score (nSPS) is 9.92. The van der Waals surface area contributed by atoms with Crippen molar-refractivity contribution < 1.29 is 9.15 Å². The minimum absolute atomic E-state index is 0.592. The summed E-state index contributed by atoms with van der Waals surface area (Å²) >= 11 is 0. The van der Waals surface area contributed by atoms with E-state index in [1.54, 1.807) is 19.4 Å². The van der Waals surface area contributed by atoms with Crippen LogP contribution in [-0.2, 0) is 0 Å². The minimum atomic E-state index is 0.592. The van der Waals surface area contributed by atoms with Crippen molar-refractivity contribution >= 4 is 0 Å². The van der Waals surface area contributed by atoms with Crippen molar-refractivity contribution in [1.29, 1.82) is 0 Å². The monoisotopic (exact) mass is 175 g/mol. The van der Waals surface area contributed by atoms with Crippen molar-refractivity contribution in [2.45, 2.75) is 0 Å². The first-order valence-electron chi connectivity index (χ1n) is 3.95. The number of hydrogen-bond acceptors (Lipinski definition) is 3. The summed E-state index contributed by atoms with van der Waals surface area (Å²) in [6.07, 6.45) is 1.62. The topological polar surface area (TPSA) is 35.3 Å². The number of ether oxygens (including phenoxy) is 1. The summed E-state index contributed by atoms with van der Waals surface area (Å²) in [5.74, 6) is 1.34. The Morgan fingerprint density at radius 1 is 1.23 bits per heavy atom. The van der Waals surface area contributed by atoms with Gasteiger partial charge in [-0.3, -0.25) is 0 Å². The predicted molar refractivity (Wildman–Crippen MR) is 48.5 cm³/mol. The first kappa shape index (κ1) is 7.86. The quantitative estimate of drug-likeness (QED) is 0.702. The molecule has 2 rings (SSSR count). The number of hydrogen-bond donors (Lipinski definition) is 0. The van der Waals surface area contributed by atoms with Crippen molar-refractivity contribution in [2.75, 3.05) is 7.11 Å². The van der Waals surface area contributed by atoms with Gasteiger partial charge in [0.1, 0.15) is 5.69 Å². The molecule has 3 heteroatoms. The lowest BCUT2D eigenvalue weighted by molar-refractivity contribution is 0.398. The van der Waals surface area contributed by atoms with Crippen molar-refractivity contribution in [3.05, 3.63) is 36.6 Å². The first-order valence-corrected chi connectivity index (χ1v) is 3.95. The Bertz CT molecular complexity index is 382. The molecule has 0 aliphatic heterocycles. The van der Waals surface area contributed by atoms with Gasteiger partial charge in [0, 0.05) is 6.07 Å². The third-order valence-corrected chi connectivity index (χ3v) is 1.71. The van der Waals surface area contributed by atoms with Crippen LogP contribution in [0.4, 0.5) is 0 Å². The van der Waals surface area contributed by atoms with Crippen LogP contribution in [0.1, 0.15) is 0 Å². The van der Waals surface area contributed by atoms with Crippen LogP contribution < -0.4 is 4.74 Å². The molecule has 0 aliphatic carbocycles. The van der Waals surface area contributed by atoms with E-state index in [0.717, 1.165) is 11.5 Å². The van der Waals surface area contributed by atoms with Gasteiger partial charge in [-0.1, -0.05) is 6.07 Å². The summed E-state index contributed by atoms with van der Waals surface area (Å²) in [7, 11) is 1.59. The Hall–Kier alpha value is -1.77. The zero-order chi connectivity index (χ0) is 9.10. The van der Waals surface area contributed by atoms with E-state index in [0.29, 0.717) is 5.88 Å². The lowest BCUT2D eigenvalue weighted by atomic mass is 10.3. The van der Waals surface area contributed by atoms with Gasteiger partial charge >= 0.3 is 0 Å². The Balaban J connectivity index is 2.41. The van der Waals surface area contributed by atoms with E-state index in [-0.39, 0.29) is 0 Å². The van der Waals surface area contributed by atoms with Gasteiger partial charge in [-0.15, -0.1) is 0 Å². The molecule has 2 heterocycles. The van der Waals surface area contributed by atoms with E-state index in [1.165, 1.54) is 0 Å². The molecule has 0 saturated heterocycles. The molecule has 2 aromatic rings. The van der Waals surface area contributed by atoms with Crippen molar-refractivity contribution in [2.24, 2.45) is 0 Å². The van der Waals surface area contributed by atoms with Gasteiger partial charge < -0.3 is 9.15 Å². The molecule has 3 nitrogen and oxygen atoms in total. The van der Waals surface area contributed by atoms with E-state index in [1.807, 2.05) is 24.3 Å². The summed E-state index contributed by atoms with van der Waals surface area (Å²) in [6, 6.07) is 9.25. The van der Waals surface area contributed by atoms with Crippen molar-refractivity contribution in [3.8, 4) is 17.3 Å². The fourth-order valence-corrected chi connectivity index (χ4v) is 1.09. The van der Waals surface area contributed by atoms with Gasteiger partial charge in [0.25, 0.3) is 0 Å². The lowest BCUT2D eigenvalue weighted by Gasteiger charge is -1.99. The highest BCUT2D eigenvalue weighted by atomic mass is 16.5. The second kappa shape index (κ2) is 3.31. The molecule has 0 N–H and O–H groups in total. The van der Waals surface area contributed by atoms with Crippen molar-refractivity contribution in [3.63, 3.8) is 0 Å². The average molecular weight is 175 g/mol. The van der Waals surface area contributed by atoms with E-state index < -0.39 is 0 Å². The number of methoxy groups -OCH3 is 1. The summed E-state index contributed by atoms with van der Waals surface area (Å²) in [5, 5.41) is 0. The van der Waals surface area contributed by atoms with Crippen LogP contribution in [-0.4, -0.2) is 12.1 Å². The summed E-state index contributed by atoms with van der Waals surface area (Å²) < 4.78 is 10.2. The zero-order valence-electron chi connectivity index (χ0n) is 7.23. The molecule has 13 heavy (non-hydrogen) atoms. The SMILES string of the molecule is COc1cccc(-c2ccco2)n1. The summed E-state index contributed by atoms with van der Waals surface area (Å²) in [6.45, 7) is 0. The van der Waals surface area contributed by atoms with Crippen LogP contribution in [0.3, 0.4) is 0 Å². The molecule has 0 aliphatic rings. The molecule has 2 aromatic heterocycles. The van der Waals surface area contributed by atoms with Gasteiger partial charge in [-0.05, 0) is 18.2 Å². The average Bonchev–Trinajstić information content (AvgIpc) is 2.71. The molecule has 0 amide bonds. The maximum absolute atomic E-state index is 5.20. The van der Waals surface area contributed by atoms with Gasteiger partial charge in [0.15, 0.2) is 5.76 Å². The molecule has 0 fully saturated rings. The second-order valence-electron chi connectivity index (χ2n) is 2.54. The Morgan fingerprint density at radius 2 is 2.15 bits per heavy atom. The van der Waals surface area contributed by atoms with Crippen molar-refractivity contribution in [1.82, 2.24) is 4.98 Å². The van der Waals surface area contributed by atoms with Crippen LogP contribution in [0.5, 0.6) is 5.88 Å². The highest BCUT2D eigenvalue weighted by Gasteiger charge is 2.02. The highest BCUT2D eigenvalue weighted by molar-refractivity contribution is 5.52.